The number of fused-ring (bicyclic) bond motifs is 5. The molecule has 1 unspecified atom stereocenters. The molecule has 55 heavy (non-hydrogen) atoms. The van der Waals surface area contributed by atoms with Crippen LogP contribution in [-0.2, 0) is 5.41 Å². The molecule has 1 heterocycles. The van der Waals surface area contributed by atoms with E-state index in [1.54, 1.807) is 0 Å². The van der Waals surface area contributed by atoms with Gasteiger partial charge in [-0.25, -0.2) is 0 Å². The van der Waals surface area contributed by atoms with Crippen LogP contribution < -0.4 is 9.80 Å². The lowest BCUT2D eigenvalue weighted by molar-refractivity contribution is 0.643. The summed E-state index contributed by atoms with van der Waals surface area (Å²) in [6.45, 7) is 7.10. The van der Waals surface area contributed by atoms with Crippen LogP contribution in [0, 0.1) is 5.92 Å². The second kappa shape index (κ2) is 13.2. The number of anilines is 5. The molecule has 6 aromatic rings. The average molecular weight is 709 g/mol. The third-order valence-corrected chi connectivity index (χ3v) is 12.0. The molecule has 2 heteroatoms. The Morgan fingerprint density at radius 2 is 1.25 bits per heavy atom. The highest BCUT2D eigenvalue weighted by Gasteiger charge is 2.38. The van der Waals surface area contributed by atoms with E-state index < -0.39 is 0 Å². The van der Waals surface area contributed by atoms with E-state index in [9.17, 15) is 0 Å². The minimum atomic E-state index is -0.0330. The fourth-order valence-electron chi connectivity index (χ4n) is 9.19. The van der Waals surface area contributed by atoms with E-state index in [4.69, 9.17) is 0 Å². The first-order valence-electron chi connectivity index (χ1n) is 19.6. The summed E-state index contributed by atoms with van der Waals surface area (Å²) < 4.78 is 0. The fraction of sp³-hybridized carbons (Fsp3) is 0.132. The summed E-state index contributed by atoms with van der Waals surface area (Å²) in [6, 6.07) is 55.4. The van der Waals surface area contributed by atoms with Crippen LogP contribution in [0.1, 0.15) is 55.4 Å². The number of hydrogen-bond donors (Lipinski definition) is 0. The summed E-state index contributed by atoms with van der Waals surface area (Å²) in [7, 11) is 0. The first-order chi connectivity index (χ1) is 26.9. The van der Waals surface area contributed by atoms with Crippen LogP contribution in [0.25, 0.3) is 22.3 Å². The Balaban J connectivity index is 0.980. The van der Waals surface area contributed by atoms with E-state index in [1.165, 1.54) is 67.2 Å². The van der Waals surface area contributed by atoms with Gasteiger partial charge in [-0.05, 0) is 129 Å². The van der Waals surface area contributed by atoms with Gasteiger partial charge < -0.3 is 9.80 Å². The van der Waals surface area contributed by atoms with Crippen molar-refractivity contribution in [2.45, 2.75) is 38.5 Å². The molecule has 2 nitrogen and oxygen atoms in total. The zero-order valence-electron chi connectivity index (χ0n) is 31.7. The molecule has 0 amide bonds. The normalized spacial score (nSPS) is 18.9. The van der Waals surface area contributed by atoms with Crippen LogP contribution in [0.4, 0.5) is 28.4 Å². The molecule has 1 aliphatic heterocycles. The average Bonchev–Trinajstić information content (AvgIpc) is 3.32. The van der Waals surface area contributed by atoms with Crippen LogP contribution in [0.3, 0.4) is 0 Å². The maximum atomic E-state index is 2.44. The van der Waals surface area contributed by atoms with Gasteiger partial charge in [-0.1, -0.05) is 142 Å². The summed E-state index contributed by atoms with van der Waals surface area (Å²) >= 11 is 0. The Bertz CT molecular complexity index is 2580. The molecule has 0 fully saturated rings. The quantitative estimate of drug-likeness (QED) is 0.170. The van der Waals surface area contributed by atoms with Crippen molar-refractivity contribution in [1.29, 1.82) is 0 Å². The standard InChI is InChI=1S/C53H44N2/c1-36-18-31-50-49(32-36)48-30-29-46(35-51(48)53(50,2)3)54(42-14-8-5-9-15-42)43-24-21-39(22-25-43)40-23-28-45-34-41(33-40)47-16-10-11-17-52(47)55(45)44-26-19-38(20-27-44)37-12-6-4-7-13-37/h4-31,33-36,41H,32H2,1-3H3/t36-,41?/m1/s1. The lowest BCUT2D eigenvalue weighted by Gasteiger charge is -2.33. The van der Waals surface area contributed by atoms with Crippen molar-refractivity contribution in [1.82, 2.24) is 0 Å². The van der Waals surface area contributed by atoms with Crippen molar-refractivity contribution >= 4 is 39.6 Å². The van der Waals surface area contributed by atoms with Crippen molar-refractivity contribution in [3.63, 3.8) is 0 Å². The molecule has 4 aliphatic rings. The Labute approximate surface area is 325 Å². The van der Waals surface area contributed by atoms with Crippen molar-refractivity contribution in [3.8, 4) is 11.1 Å². The van der Waals surface area contributed by atoms with Gasteiger partial charge in [-0.15, -0.1) is 0 Å². The van der Waals surface area contributed by atoms with Gasteiger partial charge in [0.15, 0.2) is 0 Å². The van der Waals surface area contributed by atoms with Crippen LogP contribution in [-0.4, -0.2) is 0 Å². The first-order valence-corrected chi connectivity index (χ1v) is 19.6. The van der Waals surface area contributed by atoms with E-state index in [1.807, 2.05) is 0 Å². The van der Waals surface area contributed by atoms with Crippen LogP contribution in [0.15, 0.2) is 199 Å². The molecule has 10 rings (SSSR count). The first kappa shape index (κ1) is 33.2. The predicted molar refractivity (Wildman–Crippen MR) is 232 cm³/mol. The topological polar surface area (TPSA) is 6.48 Å². The zero-order valence-corrected chi connectivity index (χ0v) is 31.7. The largest absolute Gasteiger partial charge is 0.310 e. The smallest absolute Gasteiger partial charge is 0.0502 e. The highest BCUT2D eigenvalue weighted by Crippen LogP contribution is 2.52. The summed E-state index contributed by atoms with van der Waals surface area (Å²) in [6.07, 6.45) is 15.3. The Kier molecular flexibility index (Phi) is 7.96. The molecule has 2 atom stereocenters. The third-order valence-electron chi connectivity index (χ3n) is 12.0. The van der Waals surface area contributed by atoms with E-state index in [0.29, 0.717) is 5.92 Å². The Morgan fingerprint density at radius 1 is 0.600 bits per heavy atom. The van der Waals surface area contributed by atoms with E-state index in [0.717, 1.165) is 23.5 Å². The fourth-order valence-corrected chi connectivity index (χ4v) is 9.19. The second-order valence-electron chi connectivity index (χ2n) is 15.9. The minimum absolute atomic E-state index is 0.0330. The van der Waals surface area contributed by atoms with Gasteiger partial charge in [0.1, 0.15) is 0 Å². The van der Waals surface area contributed by atoms with Gasteiger partial charge in [-0.2, -0.15) is 0 Å². The lowest BCUT2D eigenvalue weighted by Crippen LogP contribution is -2.21. The SMILES string of the molecule is C[C@@H]1C=CC2=C(C1)c1ccc(N(c3ccccc3)c3ccc(C4=CC5C=C(C=C4)N(c4ccc(-c6ccccc6)cc4)c4ccccc45)cc3)cc1C2(C)C. The Morgan fingerprint density at radius 3 is 2.04 bits per heavy atom. The van der Waals surface area contributed by atoms with Gasteiger partial charge in [0, 0.05) is 39.8 Å². The molecule has 266 valence electrons. The molecule has 6 aromatic carbocycles. The van der Waals surface area contributed by atoms with Gasteiger partial charge >= 0.3 is 0 Å². The van der Waals surface area contributed by atoms with E-state index in [-0.39, 0.29) is 11.3 Å². The molecule has 0 spiro atoms. The lowest BCUT2D eigenvalue weighted by atomic mass is 9.79. The summed E-state index contributed by atoms with van der Waals surface area (Å²) in [4.78, 5) is 4.80. The van der Waals surface area contributed by atoms with Crippen molar-refractivity contribution < 1.29 is 0 Å². The maximum Gasteiger partial charge on any atom is 0.0502 e. The minimum Gasteiger partial charge on any atom is -0.310 e. The van der Waals surface area contributed by atoms with Crippen molar-refractivity contribution in [3.05, 3.63) is 222 Å². The summed E-state index contributed by atoms with van der Waals surface area (Å²) in [5.41, 5.74) is 19.1. The predicted octanol–water partition coefficient (Wildman–Crippen LogP) is 14.2. The number of rotatable bonds is 6. The number of hydrogen-bond acceptors (Lipinski definition) is 2. The zero-order chi connectivity index (χ0) is 37.1. The highest BCUT2D eigenvalue weighted by molar-refractivity contribution is 5.88. The van der Waals surface area contributed by atoms with Crippen LogP contribution in [0.5, 0.6) is 0 Å². The van der Waals surface area contributed by atoms with Crippen LogP contribution >= 0.6 is 0 Å². The number of nitrogens with zero attached hydrogens (tertiary/aromatic N) is 2. The molecule has 0 aromatic heterocycles. The Hall–Kier alpha value is -6.38. The molecule has 0 saturated carbocycles. The molecule has 0 N–H and O–H groups in total. The summed E-state index contributed by atoms with van der Waals surface area (Å²) in [5, 5.41) is 0. The molecule has 0 radical (unpaired) electrons. The number of para-hydroxylation sites is 2. The number of allylic oxidation sites excluding steroid dienone is 9. The molecular weight excluding hydrogens is 665 g/mol. The van der Waals surface area contributed by atoms with E-state index in [2.05, 4.69) is 219 Å². The number of benzene rings is 6. The molecule has 0 saturated heterocycles. The third kappa shape index (κ3) is 5.72. The maximum absolute atomic E-state index is 2.44. The molecule has 3 aliphatic carbocycles. The monoisotopic (exact) mass is 708 g/mol. The van der Waals surface area contributed by atoms with E-state index >= 15 is 0 Å². The van der Waals surface area contributed by atoms with Crippen molar-refractivity contribution in [2.75, 3.05) is 9.80 Å². The summed E-state index contributed by atoms with van der Waals surface area (Å²) in [5.74, 6) is 0.740. The van der Waals surface area contributed by atoms with Gasteiger partial charge in [0.2, 0.25) is 0 Å². The molecular formula is C53H44N2. The van der Waals surface area contributed by atoms with Gasteiger partial charge in [-0.3, -0.25) is 0 Å². The van der Waals surface area contributed by atoms with Crippen LogP contribution in [0.2, 0.25) is 0 Å². The second-order valence-corrected chi connectivity index (χ2v) is 15.9. The molecule has 2 bridgehead atoms. The van der Waals surface area contributed by atoms with Gasteiger partial charge in [0.05, 0.1) is 5.69 Å². The van der Waals surface area contributed by atoms with Crippen molar-refractivity contribution in [2.24, 2.45) is 5.92 Å². The highest BCUT2D eigenvalue weighted by atomic mass is 15.2. The van der Waals surface area contributed by atoms with Gasteiger partial charge in [0.25, 0.3) is 0 Å².